The van der Waals surface area contributed by atoms with Gasteiger partial charge in [-0.25, -0.2) is 0 Å². The molecule has 0 radical (unpaired) electrons. The average molecular weight is 169 g/mol. The van der Waals surface area contributed by atoms with E-state index in [-0.39, 0.29) is 0 Å². The Morgan fingerprint density at radius 1 is 1.23 bits per heavy atom. The van der Waals surface area contributed by atoms with Crippen LogP contribution in [0.3, 0.4) is 0 Å². The van der Waals surface area contributed by atoms with E-state index < -0.39 is 0 Å². The van der Waals surface area contributed by atoms with E-state index in [1.165, 1.54) is 0 Å². The summed E-state index contributed by atoms with van der Waals surface area (Å²) in [6.07, 6.45) is 7.24. The number of hydrogen-bond donors (Lipinski definition) is 0. The number of aromatic nitrogens is 3. The topological polar surface area (TPSA) is 30.2 Å². The molecule has 0 bridgehead atoms. The molecular weight excluding hydrogens is 162 g/mol. The third-order valence-corrected chi connectivity index (χ3v) is 2.15. The Labute approximate surface area is 74.7 Å². The molecule has 62 valence electrons. The van der Waals surface area contributed by atoms with E-state index in [1.54, 1.807) is 12.4 Å². The molecular formula is C10H7N3. The molecule has 3 heterocycles. The van der Waals surface area contributed by atoms with E-state index in [9.17, 15) is 0 Å². The van der Waals surface area contributed by atoms with Crippen molar-refractivity contribution in [3.63, 3.8) is 0 Å². The van der Waals surface area contributed by atoms with Gasteiger partial charge in [0.1, 0.15) is 0 Å². The van der Waals surface area contributed by atoms with Gasteiger partial charge in [0, 0.05) is 24.1 Å². The first-order valence-electron chi connectivity index (χ1n) is 4.11. The molecule has 0 unspecified atom stereocenters. The zero-order valence-electron chi connectivity index (χ0n) is 6.88. The lowest BCUT2D eigenvalue weighted by atomic mass is 10.4. The third kappa shape index (κ3) is 0.839. The summed E-state index contributed by atoms with van der Waals surface area (Å²) in [4.78, 5) is 8.36. The minimum absolute atomic E-state index is 0.980. The third-order valence-electron chi connectivity index (χ3n) is 2.15. The molecule has 0 aliphatic rings. The van der Waals surface area contributed by atoms with Crippen LogP contribution in [0.25, 0.3) is 16.6 Å². The molecule has 3 nitrogen and oxygen atoms in total. The van der Waals surface area contributed by atoms with E-state index in [1.807, 2.05) is 18.5 Å². The molecule has 3 aromatic heterocycles. The fourth-order valence-electron chi connectivity index (χ4n) is 1.57. The van der Waals surface area contributed by atoms with Gasteiger partial charge < -0.3 is 4.40 Å². The summed E-state index contributed by atoms with van der Waals surface area (Å²) in [7, 11) is 0. The summed E-state index contributed by atoms with van der Waals surface area (Å²) in [5.74, 6) is 0. The molecule has 0 aliphatic carbocycles. The number of fused-ring (bicyclic) bond motifs is 3. The van der Waals surface area contributed by atoms with Crippen molar-refractivity contribution in [1.82, 2.24) is 14.4 Å². The van der Waals surface area contributed by atoms with Crippen LogP contribution in [-0.2, 0) is 0 Å². The molecule has 3 aromatic rings. The highest BCUT2D eigenvalue weighted by Gasteiger charge is 2.00. The van der Waals surface area contributed by atoms with Crippen LogP contribution in [0.2, 0.25) is 0 Å². The highest BCUT2D eigenvalue weighted by Crippen LogP contribution is 2.16. The molecule has 3 heteroatoms. The van der Waals surface area contributed by atoms with Crippen molar-refractivity contribution in [1.29, 1.82) is 0 Å². The van der Waals surface area contributed by atoms with Crippen molar-refractivity contribution in [3.05, 3.63) is 43.0 Å². The lowest BCUT2D eigenvalue weighted by Crippen LogP contribution is -1.73. The number of rotatable bonds is 0. The summed E-state index contributed by atoms with van der Waals surface area (Å²) >= 11 is 0. The van der Waals surface area contributed by atoms with Gasteiger partial charge in [-0.05, 0) is 18.2 Å². The normalized spacial score (nSPS) is 11.1. The Bertz CT molecular complexity index is 568. The predicted molar refractivity (Wildman–Crippen MR) is 50.5 cm³/mol. The van der Waals surface area contributed by atoms with Crippen molar-refractivity contribution in [2.75, 3.05) is 0 Å². The molecule has 0 aliphatic heterocycles. The maximum absolute atomic E-state index is 4.27. The van der Waals surface area contributed by atoms with Gasteiger partial charge in [0.2, 0.25) is 0 Å². The molecule has 0 aromatic carbocycles. The molecule has 0 atom stereocenters. The van der Waals surface area contributed by atoms with E-state index in [0.29, 0.717) is 0 Å². The number of nitrogens with zero attached hydrogens (tertiary/aromatic N) is 3. The molecule has 0 spiro atoms. The van der Waals surface area contributed by atoms with Crippen molar-refractivity contribution in [2.45, 2.75) is 0 Å². The fourth-order valence-corrected chi connectivity index (χ4v) is 1.57. The maximum atomic E-state index is 4.27. The SMILES string of the molecule is c1cc2cc3nccncc3n2c1. The van der Waals surface area contributed by atoms with Gasteiger partial charge in [0.25, 0.3) is 0 Å². The first kappa shape index (κ1) is 6.60. The van der Waals surface area contributed by atoms with Gasteiger partial charge in [-0.1, -0.05) is 0 Å². The van der Waals surface area contributed by atoms with Crippen molar-refractivity contribution in [3.8, 4) is 0 Å². The summed E-state index contributed by atoms with van der Waals surface area (Å²) in [6, 6.07) is 6.13. The van der Waals surface area contributed by atoms with Gasteiger partial charge in [0.05, 0.1) is 17.2 Å². The zero-order chi connectivity index (χ0) is 8.67. The second kappa shape index (κ2) is 2.29. The van der Waals surface area contributed by atoms with Crippen molar-refractivity contribution >= 4 is 16.6 Å². The van der Waals surface area contributed by atoms with Crippen molar-refractivity contribution in [2.24, 2.45) is 0 Å². The van der Waals surface area contributed by atoms with Crippen LogP contribution in [0, 0.1) is 0 Å². The van der Waals surface area contributed by atoms with Gasteiger partial charge in [-0.2, -0.15) is 0 Å². The van der Waals surface area contributed by atoms with Crippen LogP contribution >= 0.6 is 0 Å². The van der Waals surface area contributed by atoms with E-state index in [4.69, 9.17) is 0 Å². The van der Waals surface area contributed by atoms with Crippen LogP contribution in [0.15, 0.2) is 43.0 Å². The van der Waals surface area contributed by atoms with Crippen LogP contribution < -0.4 is 0 Å². The lowest BCUT2D eigenvalue weighted by molar-refractivity contribution is 1.27. The first-order chi connectivity index (χ1) is 6.45. The van der Waals surface area contributed by atoms with Gasteiger partial charge in [-0.15, -0.1) is 0 Å². The minimum atomic E-state index is 0.980. The molecule has 0 N–H and O–H groups in total. The van der Waals surface area contributed by atoms with Crippen LogP contribution in [0.1, 0.15) is 0 Å². The minimum Gasteiger partial charge on any atom is -0.314 e. The zero-order valence-corrected chi connectivity index (χ0v) is 6.88. The summed E-state index contributed by atoms with van der Waals surface area (Å²) < 4.78 is 2.08. The van der Waals surface area contributed by atoms with E-state index in [0.717, 1.165) is 16.6 Å². The monoisotopic (exact) mass is 169 g/mol. The molecule has 0 amide bonds. The number of hydrogen-bond acceptors (Lipinski definition) is 2. The van der Waals surface area contributed by atoms with Crippen molar-refractivity contribution < 1.29 is 0 Å². The Kier molecular flexibility index (Phi) is 1.16. The second-order valence-electron chi connectivity index (χ2n) is 2.92. The first-order valence-corrected chi connectivity index (χ1v) is 4.11. The molecule has 13 heavy (non-hydrogen) atoms. The molecule has 0 saturated heterocycles. The largest absolute Gasteiger partial charge is 0.314 e. The van der Waals surface area contributed by atoms with Crippen LogP contribution in [0.4, 0.5) is 0 Å². The standard InChI is InChI=1S/C10H7N3/c1-2-8-6-9-10(13(8)5-1)7-11-3-4-12-9/h1-7H. The summed E-state index contributed by atoms with van der Waals surface area (Å²) in [5.41, 5.74) is 3.19. The fraction of sp³-hybridized carbons (Fsp3) is 0. The summed E-state index contributed by atoms with van der Waals surface area (Å²) in [6.45, 7) is 0. The van der Waals surface area contributed by atoms with Crippen LogP contribution in [-0.4, -0.2) is 14.4 Å². The van der Waals surface area contributed by atoms with Gasteiger partial charge in [0.15, 0.2) is 0 Å². The van der Waals surface area contributed by atoms with E-state index >= 15 is 0 Å². The maximum Gasteiger partial charge on any atom is 0.0907 e. The Morgan fingerprint density at radius 3 is 3.23 bits per heavy atom. The smallest absolute Gasteiger partial charge is 0.0907 e. The highest BCUT2D eigenvalue weighted by atomic mass is 14.9. The molecule has 3 rings (SSSR count). The van der Waals surface area contributed by atoms with Crippen LogP contribution in [0.5, 0.6) is 0 Å². The summed E-state index contributed by atoms with van der Waals surface area (Å²) in [5, 5.41) is 0. The predicted octanol–water partition coefficient (Wildman–Crippen LogP) is 1.88. The quantitative estimate of drug-likeness (QED) is 0.514. The Hall–Kier alpha value is -1.90. The lowest BCUT2D eigenvalue weighted by Gasteiger charge is -1.83. The highest BCUT2D eigenvalue weighted by molar-refractivity contribution is 5.82. The molecule has 0 saturated carbocycles. The van der Waals surface area contributed by atoms with E-state index in [2.05, 4.69) is 26.5 Å². The van der Waals surface area contributed by atoms with Gasteiger partial charge in [-0.3, -0.25) is 9.97 Å². The van der Waals surface area contributed by atoms with Gasteiger partial charge >= 0.3 is 0 Å². The Balaban J connectivity index is 2.65. The molecule has 0 fully saturated rings. The average Bonchev–Trinajstić information content (AvgIpc) is 2.61. The Morgan fingerprint density at radius 2 is 2.23 bits per heavy atom. The second-order valence-corrected chi connectivity index (χ2v) is 2.92.